The number of H-pyrrole nitrogens is 1. The van der Waals surface area contributed by atoms with E-state index in [1.54, 1.807) is 6.20 Å². The minimum Gasteiger partial charge on any atom is -0.368 e. The van der Waals surface area contributed by atoms with Crippen LogP contribution >= 0.6 is 0 Å². The highest BCUT2D eigenvalue weighted by atomic mass is 16.5. The summed E-state index contributed by atoms with van der Waals surface area (Å²) < 4.78 is 5.48. The van der Waals surface area contributed by atoms with Crippen LogP contribution in [0.15, 0.2) is 12.4 Å². The van der Waals surface area contributed by atoms with Crippen LogP contribution in [0, 0.1) is 0 Å². The molecule has 0 aromatic carbocycles. The molecule has 0 saturated carbocycles. The van der Waals surface area contributed by atoms with Gasteiger partial charge in [0.25, 0.3) is 5.91 Å². The van der Waals surface area contributed by atoms with Gasteiger partial charge in [0.1, 0.15) is 11.9 Å². The molecule has 1 aromatic rings. The van der Waals surface area contributed by atoms with Crippen molar-refractivity contribution in [2.24, 2.45) is 0 Å². The van der Waals surface area contributed by atoms with Gasteiger partial charge in [0, 0.05) is 51.1 Å². The van der Waals surface area contributed by atoms with E-state index >= 15 is 0 Å². The van der Waals surface area contributed by atoms with Crippen LogP contribution < -0.4 is 5.32 Å². The molecule has 0 unspecified atom stereocenters. The minimum absolute atomic E-state index is 0.173. The van der Waals surface area contributed by atoms with Gasteiger partial charge in [-0.05, 0) is 25.7 Å². The molecule has 1 aromatic heterocycles. The molecule has 2 aliphatic rings. The Labute approximate surface area is 125 Å². The van der Waals surface area contributed by atoms with Crippen molar-refractivity contribution >= 4 is 5.91 Å². The Morgan fingerprint density at radius 3 is 2.95 bits per heavy atom. The Bertz CT molecular complexity index is 435. The van der Waals surface area contributed by atoms with Crippen LogP contribution in [0.3, 0.4) is 0 Å². The number of imidazole rings is 1. The first-order valence-electron chi connectivity index (χ1n) is 7.95. The molecule has 2 saturated heterocycles. The number of carbonyl (C=O) groups is 1. The lowest BCUT2D eigenvalue weighted by Crippen LogP contribution is -2.48. The number of amides is 1. The first-order chi connectivity index (χ1) is 10.3. The van der Waals surface area contributed by atoms with Crippen LogP contribution in [0.4, 0.5) is 0 Å². The maximum atomic E-state index is 12.2. The SMILES string of the molecule is O=C([C@H]1CCCO1)N1CCC(NCCc2ncc[nH]2)CC1. The monoisotopic (exact) mass is 292 g/mol. The molecule has 21 heavy (non-hydrogen) atoms. The van der Waals surface area contributed by atoms with E-state index in [2.05, 4.69) is 15.3 Å². The molecule has 116 valence electrons. The number of piperidine rings is 1. The fourth-order valence-electron chi connectivity index (χ4n) is 3.11. The lowest BCUT2D eigenvalue weighted by atomic mass is 10.0. The predicted molar refractivity (Wildman–Crippen MR) is 78.9 cm³/mol. The second kappa shape index (κ2) is 7.04. The zero-order valence-corrected chi connectivity index (χ0v) is 12.4. The van der Waals surface area contributed by atoms with Crippen LogP contribution in [-0.4, -0.2) is 59.2 Å². The number of ether oxygens (including phenoxy) is 1. The Balaban J connectivity index is 1.35. The zero-order chi connectivity index (χ0) is 14.5. The Hall–Kier alpha value is -1.40. The Morgan fingerprint density at radius 1 is 1.43 bits per heavy atom. The van der Waals surface area contributed by atoms with Crippen LogP contribution in [0.5, 0.6) is 0 Å². The van der Waals surface area contributed by atoms with Gasteiger partial charge in [-0.3, -0.25) is 4.79 Å². The van der Waals surface area contributed by atoms with Gasteiger partial charge in [-0.2, -0.15) is 0 Å². The summed E-state index contributed by atoms with van der Waals surface area (Å²) in [5, 5.41) is 3.56. The van der Waals surface area contributed by atoms with E-state index in [0.29, 0.717) is 6.04 Å². The van der Waals surface area contributed by atoms with Crippen LogP contribution in [0.1, 0.15) is 31.5 Å². The molecule has 1 amide bonds. The van der Waals surface area contributed by atoms with Gasteiger partial charge in [0.2, 0.25) is 0 Å². The van der Waals surface area contributed by atoms with Crippen molar-refractivity contribution in [2.45, 2.75) is 44.2 Å². The summed E-state index contributed by atoms with van der Waals surface area (Å²) in [6, 6.07) is 0.508. The number of aromatic amines is 1. The number of nitrogens with zero attached hydrogens (tertiary/aromatic N) is 2. The standard InChI is InChI=1S/C15H24N4O2/c20-15(13-2-1-11-21-13)19-9-4-12(5-10-19)16-6-3-14-17-7-8-18-14/h7-8,12-13,16H,1-6,9-11H2,(H,17,18)/t13-/m1/s1. The van der Waals surface area contributed by atoms with Gasteiger partial charge < -0.3 is 19.9 Å². The third kappa shape index (κ3) is 3.83. The average Bonchev–Trinajstić information content (AvgIpc) is 3.21. The highest BCUT2D eigenvalue weighted by molar-refractivity contribution is 5.81. The van der Waals surface area contributed by atoms with E-state index in [4.69, 9.17) is 4.74 Å². The maximum absolute atomic E-state index is 12.2. The summed E-state index contributed by atoms with van der Waals surface area (Å²) in [5.41, 5.74) is 0. The van der Waals surface area contributed by atoms with Crippen molar-refractivity contribution in [2.75, 3.05) is 26.2 Å². The number of rotatable bonds is 5. The molecule has 3 heterocycles. The largest absolute Gasteiger partial charge is 0.368 e. The first kappa shape index (κ1) is 14.5. The lowest BCUT2D eigenvalue weighted by molar-refractivity contribution is -0.142. The third-order valence-corrected chi connectivity index (χ3v) is 4.36. The second-order valence-corrected chi connectivity index (χ2v) is 5.84. The summed E-state index contributed by atoms with van der Waals surface area (Å²) >= 11 is 0. The summed E-state index contributed by atoms with van der Waals surface area (Å²) in [5.74, 6) is 1.22. The highest BCUT2D eigenvalue weighted by Gasteiger charge is 2.30. The van der Waals surface area contributed by atoms with Gasteiger partial charge in [0.05, 0.1) is 0 Å². The van der Waals surface area contributed by atoms with Crippen LogP contribution in [0.25, 0.3) is 0 Å². The van der Waals surface area contributed by atoms with E-state index < -0.39 is 0 Å². The second-order valence-electron chi connectivity index (χ2n) is 5.84. The van der Waals surface area contributed by atoms with E-state index in [9.17, 15) is 4.79 Å². The first-order valence-corrected chi connectivity index (χ1v) is 7.95. The van der Waals surface area contributed by atoms with Crippen molar-refractivity contribution in [3.63, 3.8) is 0 Å². The molecule has 0 radical (unpaired) electrons. The third-order valence-electron chi connectivity index (χ3n) is 4.36. The van der Waals surface area contributed by atoms with E-state index in [0.717, 1.165) is 64.2 Å². The van der Waals surface area contributed by atoms with Crippen LogP contribution in [-0.2, 0) is 16.0 Å². The fourth-order valence-corrected chi connectivity index (χ4v) is 3.11. The number of nitrogens with one attached hydrogen (secondary N) is 2. The molecular weight excluding hydrogens is 268 g/mol. The number of aromatic nitrogens is 2. The highest BCUT2D eigenvalue weighted by Crippen LogP contribution is 2.18. The number of likely N-dealkylation sites (tertiary alicyclic amines) is 1. The molecule has 2 aliphatic heterocycles. The van der Waals surface area contributed by atoms with Crippen LogP contribution in [0.2, 0.25) is 0 Å². The summed E-state index contributed by atoms with van der Waals surface area (Å²) in [4.78, 5) is 21.5. The molecule has 6 nitrogen and oxygen atoms in total. The van der Waals surface area contributed by atoms with Gasteiger partial charge in [-0.25, -0.2) is 4.98 Å². The summed E-state index contributed by atoms with van der Waals surface area (Å²) in [6.07, 6.45) is 8.33. The van der Waals surface area contributed by atoms with Crippen molar-refractivity contribution in [1.29, 1.82) is 0 Å². The quantitative estimate of drug-likeness (QED) is 0.838. The molecule has 2 fully saturated rings. The van der Waals surface area contributed by atoms with Crippen molar-refractivity contribution in [3.8, 4) is 0 Å². The topological polar surface area (TPSA) is 70.2 Å². The van der Waals surface area contributed by atoms with E-state index in [-0.39, 0.29) is 12.0 Å². The molecule has 1 atom stereocenters. The molecule has 0 spiro atoms. The van der Waals surface area contributed by atoms with E-state index in [1.165, 1.54) is 0 Å². The zero-order valence-electron chi connectivity index (χ0n) is 12.4. The molecule has 2 N–H and O–H groups in total. The normalized spacial score (nSPS) is 23.6. The smallest absolute Gasteiger partial charge is 0.251 e. The number of carbonyl (C=O) groups excluding carboxylic acids is 1. The fraction of sp³-hybridized carbons (Fsp3) is 0.733. The Morgan fingerprint density at radius 2 is 2.29 bits per heavy atom. The minimum atomic E-state index is -0.173. The van der Waals surface area contributed by atoms with Gasteiger partial charge >= 0.3 is 0 Å². The molecular formula is C15H24N4O2. The van der Waals surface area contributed by atoms with E-state index in [1.807, 2.05) is 11.1 Å². The Kier molecular flexibility index (Phi) is 4.87. The van der Waals surface area contributed by atoms with Gasteiger partial charge in [0.15, 0.2) is 0 Å². The number of hydrogen-bond donors (Lipinski definition) is 2. The van der Waals surface area contributed by atoms with Gasteiger partial charge in [-0.1, -0.05) is 0 Å². The van der Waals surface area contributed by atoms with Crippen molar-refractivity contribution in [1.82, 2.24) is 20.2 Å². The number of hydrogen-bond acceptors (Lipinski definition) is 4. The predicted octanol–water partition coefficient (Wildman–Crippen LogP) is 0.712. The molecule has 3 rings (SSSR count). The molecule has 0 bridgehead atoms. The average molecular weight is 292 g/mol. The van der Waals surface area contributed by atoms with Crippen molar-refractivity contribution in [3.05, 3.63) is 18.2 Å². The van der Waals surface area contributed by atoms with Crippen molar-refractivity contribution < 1.29 is 9.53 Å². The lowest BCUT2D eigenvalue weighted by Gasteiger charge is -2.33. The molecule has 6 heteroatoms. The summed E-state index contributed by atoms with van der Waals surface area (Å²) in [6.45, 7) is 3.35. The van der Waals surface area contributed by atoms with Gasteiger partial charge in [-0.15, -0.1) is 0 Å². The summed E-state index contributed by atoms with van der Waals surface area (Å²) in [7, 11) is 0. The molecule has 0 aliphatic carbocycles. The maximum Gasteiger partial charge on any atom is 0.251 e.